The normalized spacial score (nSPS) is 10.6. The number of nitrogens with zero attached hydrogens (tertiary/aromatic N) is 2. The molecule has 0 bridgehead atoms. The molecular formula is C13H15ClN4O2S. The second kappa shape index (κ2) is 7.33. The minimum Gasteiger partial charge on any atom is -0.462 e. The number of anilines is 1. The van der Waals surface area contributed by atoms with Gasteiger partial charge in [0.25, 0.3) is 0 Å². The largest absolute Gasteiger partial charge is 0.462 e. The third-order valence-electron chi connectivity index (χ3n) is 2.63. The summed E-state index contributed by atoms with van der Waals surface area (Å²) in [6.45, 7) is 2.42. The van der Waals surface area contributed by atoms with Crippen LogP contribution in [0.2, 0.25) is 5.02 Å². The second-order valence-corrected chi connectivity index (χ2v) is 5.66. The number of carbonyl (C=O) groups is 1. The zero-order valence-electron chi connectivity index (χ0n) is 11.4. The number of rotatable bonds is 6. The third kappa shape index (κ3) is 4.12. The average Bonchev–Trinajstić information content (AvgIpc) is 2.95. The smallest absolute Gasteiger partial charge is 0.338 e. The van der Waals surface area contributed by atoms with Crippen LogP contribution in [-0.4, -0.2) is 27.8 Å². The fourth-order valence-corrected chi connectivity index (χ4v) is 2.64. The van der Waals surface area contributed by atoms with Gasteiger partial charge in [0.1, 0.15) is 6.33 Å². The molecule has 0 amide bonds. The maximum absolute atomic E-state index is 11.9. The molecule has 0 radical (unpaired) electrons. The van der Waals surface area contributed by atoms with Gasteiger partial charge in [-0.1, -0.05) is 24.9 Å². The van der Waals surface area contributed by atoms with Crippen LogP contribution in [0.25, 0.3) is 0 Å². The maximum atomic E-state index is 11.9. The molecule has 1 heterocycles. The zero-order chi connectivity index (χ0) is 15.2. The van der Waals surface area contributed by atoms with Gasteiger partial charge in [0.05, 0.1) is 22.1 Å². The van der Waals surface area contributed by atoms with Gasteiger partial charge in [0.15, 0.2) is 5.16 Å². The van der Waals surface area contributed by atoms with Gasteiger partial charge in [0.2, 0.25) is 0 Å². The van der Waals surface area contributed by atoms with Crippen LogP contribution in [0.15, 0.2) is 28.5 Å². The van der Waals surface area contributed by atoms with E-state index in [0.29, 0.717) is 32.9 Å². The molecule has 0 unspecified atom stereocenters. The molecule has 0 aliphatic carbocycles. The minimum absolute atomic E-state index is 0.343. The van der Waals surface area contributed by atoms with Crippen LogP contribution in [-0.2, 0) is 4.74 Å². The van der Waals surface area contributed by atoms with Crippen LogP contribution in [0.5, 0.6) is 0 Å². The summed E-state index contributed by atoms with van der Waals surface area (Å²) in [5.41, 5.74) is 6.69. The number of aromatic nitrogens is 3. The molecule has 2 rings (SSSR count). The van der Waals surface area contributed by atoms with Crippen molar-refractivity contribution < 1.29 is 9.53 Å². The van der Waals surface area contributed by atoms with E-state index in [9.17, 15) is 4.79 Å². The van der Waals surface area contributed by atoms with Crippen LogP contribution in [0, 0.1) is 0 Å². The molecule has 8 heteroatoms. The molecule has 0 aliphatic rings. The van der Waals surface area contributed by atoms with E-state index >= 15 is 0 Å². The van der Waals surface area contributed by atoms with Gasteiger partial charge in [-0.3, -0.25) is 5.10 Å². The number of hydrogen-bond donors (Lipinski definition) is 2. The van der Waals surface area contributed by atoms with Gasteiger partial charge in [-0.05, 0) is 30.3 Å². The lowest BCUT2D eigenvalue weighted by atomic mass is 10.2. The number of aromatic amines is 1. The summed E-state index contributed by atoms with van der Waals surface area (Å²) in [7, 11) is 0. The van der Waals surface area contributed by atoms with Gasteiger partial charge in [-0.2, -0.15) is 5.10 Å². The molecule has 3 N–H and O–H groups in total. The highest BCUT2D eigenvalue weighted by Gasteiger charge is 2.15. The third-order valence-corrected chi connectivity index (χ3v) is 4.09. The number of halogens is 1. The molecular weight excluding hydrogens is 312 g/mol. The van der Waals surface area contributed by atoms with E-state index in [4.69, 9.17) is 22.1 Å². The van der Waals surface area contributed by atoms with Crippen LogP contribution >= 0.6 is 23.4 Å². The Morgan fingerprint density at radius 3 is 2.95 bits per heavy atom. The number of esters is 1. The number of H-pyrrole nitrogens is 1. The Balaban J connectivity index is 2.14. The highest BCUT2D eigenvalue weighted by atomic mass is 35.5. The number of nitrogens with one attached hydrogen (secondary N) is 1. The first-order valence-corrected chi connectivity index (χ1v) is 7.60. The Labute approximate surface area is 131 Å². The molecule has 21 heavy (non-hydrogen) atoms. The Kier molecular flexibility index (Phi) is 5.46. The quantitative estimate of drug-likeness (QED) is 0.481. The highest BCUT2D eigenvalue weighted by Crippen LogP contribution is 2.36. The van der Waals surface area contributed by atoms with Crippen molar-refractivity contribution in [2.45, 2.75) is 29.8 Å². The molecule has 0 saturated carbocycles. The first kappa shape index (κ1) is 15.7. The van der Waals surface area contributed by atoms with E-state index in [1.54, 1.807) is 12.1 Å². The molecule has 6 nitrogen and oxygen atoms in total. The van der Waals surface area contributed by atoms with Gasteiger partial charge in [-0.15, -0.1) is 0 Å². The van der Waals surface area contributed by atoms with Crippen LogP contribution < -0.4 is 5.73 Å². The van der Waals surface area contributed by atoms with E-state index in [-0.39, 0.29) is 0 Å². The molecule has 0 spiro atoms. The summed E-state index contributed by atoms with van der Waals surface area (Å²) in [6, 6.07) is 3.10. The lowest BCUT2D eigenvalue weighted by Gasteiger charge is -2.09. The molecule has 0 saturated heterocycles. The molecule has 0 aliphatic heterocycles. The van der Waals surface area contributed by atoms with E-state index < -0.39 is 5.97 Å². The highest BCUT2D eigenvalue weighted by molar-refractivity contribution is 7.99. The summed E-state index contributed by atoms with van der Waals surface area (Å²) in [5.74, 6) is -0.423. The predicted molar refractivity (Wildman–Crippen MR) is 81.6 cm³/mol. The Morgan fingerprint density at radius 2 is 2.33 bits per heavy atom. The second-order valence-electron chi connectivity index (χ2n) is 4.26. The van der Waals surface area contributed by atoms with E-state index in [1.165, 1.54) is 18.1 Å². The number of hydrogen-bond acceptors (Lipinski definition) is 6. The Hall–Kier alpha value is -1.73. The Morgan fingerprint density at radius 1 is 1.52 bits per heavy atom. The number of nitrogens with two attached hydrogens (primary N) is 1. The average molecular weight is 327 g/mol. The molecule has 112 valence electrons. The monoisotopic (exact) mass is 326 g/mol. The first-order valence-electron chi connectivity index (χ1n) is 6.41. The predicted octanol–water partition coefficient (Wildman–Crippen LogP) is 3.15. The van der Waals surface area contributed by atoms with Crippen molar-refractivity contribution >= 4 is 35.0 Å². The van der Waals surface area contributed by atoms with Crippen LogP contribution in [0.1, 0.15) is 30.1 Å². The van der Waals surface area contributed by atoms with Crippen molar-refractivity contribution in [3.63, 3.8) is 0 Å². The standard InChI is InChI=1S/C13H15ClN4O2S/c1-2-3-4-20-12(19)8-5-9(14)11(10(15)6-8)21-13-16-7-17-18-13/h5-7H,2-4,15H2,1H3,(H,16,17,18). The lowest BCUT2D eigenvalue weighted by molar-refractivity contribution is 0.0499. The lowest BCUT2D eigenvalue weighted by Crippen LogP contribution is -2.07. The minimum atomic E-state index is -0.423. The molecule has 2 aromatic rings. The van der Waals surface area contributed by atoms with Gasteiger partial charge in [-0.25, -0.2) is 9.78 Å². The summed E-state index contributed by atoms with van der Waals surface area (Å²) in [5, 5.41) is 7.40. The number of ether oxygens (including phenoxy) is 1. The number of carbonyl (C=O) groups excluding carboxylic acids is 1. The fraction of sp³-hybridized carbons (Fsp3) is 0.308. The van der Waals surface area contributed by atoms with E-state index in [1.807, 2.05) is 6.92 Å². The molecule has 0 fully saturated rings. The molecule has 1 aromatic heterocycles. The maximum Gasteiger partial charge on any atom is 0.338 e. The summed E-state index contributed by atoms with van der Waals surface area (Å²) in [4.78, 5) is 16.5. The van der Waals surface area contributed by atoms with E-state index in [0.717, 1.165) is 12.8 Å². The molecule has 0 atom stereocenters. The first-order chi connectivity index (χ1) is 10.1. The van der Waals surface area contributed by atoms with Crippen molar-refractivity contribution in [1.82, 2.24) is 15.2 Å². The number of unbranched alkanes of at least 4 members (excludes halogenated alkanes) is 1. The van der Waals surface area contributed by atoms with Crippen molar-refractivity contribution in [1.29, 1.82) is 0 Å². The van der Waals surface area contributed by atoms with Crippen LogP contribution in [0.3, 0.4) is 0 Å². The summed E-state index contributed by atoms with van der Waals surface area (Å²) >= 11 is 7.44. The fourth-order valence-electron chi connectivity index (χ4n) is 1.57. The van der Waals surface area contributed by atoms with Gasteiger partial charge in [0, 0.05) is 5.69 Å². The van der Waals surface area contributed by atoms with Gasteiger partial charge < -0.3 is 10.5 Å². The topological polar surface area (TPSA) is 93.9 Å². The number of nitrogen functional groups attached to an aromatic ring is 1. The number of benzene rings is 1. The summed E-state index contributed by atoms with van der Waals surface area (Å²) < 4.78 is 5.14. The van der Waals surface area contributed by atoms with Gasteiger partial charge >= 0.3 is 5.97 Å². The van der Waals surface area contributed by atoms with Crippen molar-refractivity contribution in [3.05, 3.63) is 29.0 Å². The van der Waals surface area contributed by atoms with Crippen molar-refractivity contribution in [3.8, 4) is 0 Å². The summed E-state index contributed by atoms with van der Waals surface area (Å²) in [6.07, 6.45) is 3.18. The van der Waals surface area contributed by atoms with Crippen molar-refractivity contribution in [2.75, 3.05) is 12.3 Å². The SMILES string of the molecule is CCCCOC(=O)c1cc(N)c(Sc2ncn[nH]2)c(Cl)c1. The molecule has 1 aromatic carbocycles. The zero-order valence-corrected chi connectivity index (χ0v) is 13.0. The van der Waals surface area contributed by atoms with Crippen LogP contribution in [0.4, 0.5) is 5.69 Å². The Bertz CT molecular complexity index is 596. The van der Waals surface area contributed by atoms with E-state index in [2.05, 4.69) is 15.2 Å². The van der Waals surface area contributed by atoms with Crippen molar-refractivity contribution in [2.24, 2.45) is 0 Å².